The molecule has 0 unspecified atom stereocenters. The van der Waals surface area contributed by atoms with E-state index in [0.717, 1.165) is 17.8 Å². The fraction of sp³-hybridized carbons (Fsp3) is 0.304. The zero-order valence-corrected chi connectivity index (χ0v) is 16.6. The zero-order chi connectivity index (χ0) is 19.7. The van der Waals surface area contributed by atoms with E-state index in [4.69, 9.17) is 0 Å². The summed E-state index contributed by atoms with van der Waals surface area (Å²) in [7, 11) is 0. The van der Waals surface area contributed by atoms with Crippen molar-refractivity contribution < 1.29 is 4.79 Å². The summed E-state index contributed by atoms with van der Waals surface area (Å²) < 4.78 is 2.22. The van der Waals surface area contributed by atoms with Crippen molar-refractivity contribution in [1.29, 1.82) is 0 Å². The molecule has 0 bridgehead atoms. The molecule has 2 amide bonds. The van der Waals surface area contributed by atoms with Crippen LogP contribution in [0.15, 0.2) is 54.9 Å². The van der Waals surface area contributed by atoms with Crippen LogP contribution >= 0.6 is 0 Å². The van der Waals surface area contributed by atoms with Gasteiger partial charge in [0, 0.05) is 48.2 Å². The molecule has 5 heteroatoms. The first-order chi connectivity index (χ1) is 13.5. The van der Waals surface area contributed by atoms with Crippen LogP contribution in [0.3, 0.4) is 0 Å². The molecular weight excluding hydrogens is 348 g/mol. The summed E-state index contributed by atoms with van der Waals surface area (Å²) in [5.74, 6) is 0. The van der Waals surface area contributed by atoms with Crippen LogP contribution in [0.25, 0.3) is 16.6 Å². The number of nitrogens with one attached hydrogen (secondary N) is 1. The summed E-state index contributed by atoms with van der Waals surface area (Å²) >= 11 is 0. The van der Waals surface area contributed by atoms with E-state index in [1.165, 1.54) is 22.1 Å². The highest BCUT2D eigenvalue weighted by Gasteiger charge is 2.21. The molecule has 1 aromatic carbocycles. The van der Waals surface area contributed by atoms with Crippen molar-refractivity contribution in [2.75, 3.05) is 18.4 Å². The minimum absolute atomic E-state index is 0.0505. The number of benzene rings is 1. The average molecular weight is 374 g/mol. The maximum Gasteiger partial charge on any atom is 0.322 e. The van der Waals surface area contributed by atoms with E-state index < -0.39 is 0 Å². The third-order valence-corrected chi connectivity index (χ3v) is 5.29. The second kappa shape index (κ2) is 7.50. The van der Waals surface area contributed by atoms with Crippen LogP contribution in [-0.2, 0) is 0 Å². The fourth-order valence-electron chi connectivity index (χ4n) is 3.67. The van der Waals surface area contributed by atoms with Gasteiger partial charge in [0.1, 0.15) is 5.65 Å². The molecule has 28 heavy (non-hydrogen) atoms. The standard InChI is InChI=1S/C23H26N4O/c1-16(2)27-15-21(20-5-4-12-24-22(20)27)18-10-13-26(14-11-18)23(28)25-19-8-6-17(3)7-9-19/h4-10,12,15-16H,11,13-14H2,1-3H3,(H,25,28). The second-order valence-corrected chi connectivity index (χ2v) is 7.64. The average Bonchev–Trinajstić information content (AvgIpc) is 3.10. The van der Waals surface area contributed by atoms with E-state index in [9.17, 15) is 4.79 Å². The molecule has 0 radical (unpaired) electrons. The molecule has 5 nitrogen and oxygen atoms in total. The largest absolute Gasteiger partial charge is 0.329 e. The van der Waals surface area contributed by atoms with Gasteiger partial charge >= 0.3 is 6.03 Å². The van der Waals surface area contributed by atoms with E-state index in [0.29, 0.717) is 19.1 Å². The number of nitrogens with zero attached hydrogens (tertiary/aromatic N) is 3. The van der Waals surface area contributed by atoms with Gasteiger partial charge < -0.3 is 14.8 Å². The molecule has 3 heterocycles. The van der Waals surface area contributed by atoms with Crippen molar-refractivity contribution in [1.82, 2.24) is 14.5 Å². The molecule has 144 valence electrons. The normalized spacial score (nSPS) is 14.4. The minimum atomic E-state index is -0.0505. The Morgan fingerprint density at radius 3 is 2.64 bits per heavy atom. The van der Waals surface area contributed by atoms with Crippen molar-refractivity contribution >= 4 is 28.3 Å². The zero-order valence-electron chi connectivity index (χ0n) is 16.6. The van der Waals surface area contributed by atoms with E-state index in [2.05, 4.69) is 47.1 Å². The van der Waals surface area contributed by atoms with E-state index >= 15 is 0 Å². The van der Waals surface area contributed by atoms with Crippen molar-refractivity contribution in [2.45, 2.75) is 33.2 Å². The number of aryl methyl sites for hydroxylation is 1. The molecule has 0 saturated carbocycles. The number of aromatic nitrogens is 2. The molecule has 2 aromatic heterocycles. The number of rotatable bonds is 3. The SMILES string of the molecule is Cc1ccc(NC(=O)N2CC=C(c3cn(C(C)C)c4ncccc34)CC2)cc1. The summed E-state index contributed by atoms with van der Waals surface area (Å²) in [4.78, 5) is 19.0. The van der Waals surface area contributed by atoms with Gasteiger partial charge in [-0.1, -0.05) is 23.8 Å². The number of pyridine rings is 1. The van der Waals surface area contributed by atoms with Crippen molar-refractivity contribution in [3.63, 3.8) is 0 Å². The Hall–Kier alpha value is -3.08. The number of carbonyl (C=O) groups excluding carboxylic acids is 1. The van der Waals surface area contributed by atoms with Gasteiger partial charge in [0.2, 0.25) is 0 Å². The Balaban J connectivity index is 1.52. The highest BCUT2D eigenvalue weighted by molar-refractivity contribution is 5.93. The molecule has 3 aromatic rings. The van der Waals surface area contributed by atoms with Gasteiger partial charge in [-0.2, -0.15) is 0 Å². The Morgan fingerprint density at radius 1 is 1.18 bits per heavy atom. The molecule has 1 aliphatic heterocycles. The van der Waals surface area contributed by atoms with Gasteiger partial charge in [-0.05, 0) is 57.0 Å². The van der Waals surface area contributed by atoms with Gasteiger partial charge in [0.15, 0.2) is 0 Å². The highest BCUT2D eigenvalue weighted by Crippen LogP contribution is 2.31. The molecule has 0 atom stereocenters. The Morgan fingerprint density at radius 2 is 1.96 bits per heavy atom. The van der Waals surface area contributed by atoms with Gasteiger partial charge in [-0.25, -0.2) is 9.78 Å². The van der Waals surface area contributed by atoms with Crippen molar-refractivity contribution in [3.8, 4) is 0 Å². The molecular formula is C23H26N4O. The predicted molar refractivity (Wildman–Crippen MR) is 114 cm³/mol. The Kier molecular flexibility index (Phi) is 4.90. The maximum atomic E-state index is 12.6. The smallest absolute Gasteiger partial charge is 0.322 e. The monoisotopic (exact) mass is 374 g/mol. The number of hydrogen-bond acceptors (Lipinski definition) is 2. The number of anilines is 1. The predicted octanol–water partition coefficient (Wildman–Crippen LogP) is 5.25. The lowest BCUT2D eigenvalue weighted by atomic mass is 10.00. The number of hydrogen-bond donors (Lipinski definition) is 1. The summed E-state index contributed by atoms with van der Waals surface area (Å²) in [6.07, 6.45) is 7.06. The first kappa shape index (κ1) is 18.3. The molecule has 4 rings (SSSR count). The quantitative estimate of drug-likeness (QED) is 0.681. The minimum Gasteiger partial charge on any atom is -0.329 e. The van der Waals surface area contributed by atoms with Gasteiger partial charge in [-0.15, -0.1) is 0 Å². The third kappa shape index (κ3) is 3.52. The summed E-state index contributed by atoms with van der Waals surface area (Å²) in [5.41, 5.74) is 5.55. The molecule has 0 aliphatic carbocycles. The molecule has 1 N–H and O–H groups in total. The second-order valence-electron chi connectivity index (χ2n) is 7.64. The first-order valence-corrected chi connectivity index (χ1v) is 9.80. The Bertz CT molecular complexity index is 1030. The summed E-state index contributed by atoms with van der Waals surface area (Å²) in [6.45, 7) is 7.70. The van der Waals surface area contributed by atoms with Crippen LogP contribution in [0.2, 0.25) is 0 Å². The highest BCUT2D eigenvalue weighted by atomic mass is 16.2. The lowest BCUT2D eigenvalue weighted by Gasteiger charge is -2.26. The lowest BCUT2D eigenvalue weighted by Crippen LogP contribution is -2.37. The van der Waals surface area contributed by atoms with Gasteiger partial charge in [0.05, 0.1) is 0 Å². The maximum absolute atomic E-state index is 12.6. The van der Waals surface area contributed by atoms with Crippen LogP contribution in [-0.4, -0.2) is 33.6 Å². The first-order valence-electron chi connectivity index (χ1n) is 9.80. The number of carbonyl (C=O) groups is 1. The van der Waals surface area contributed by atoms with Crippen LogP contribution in [0.4, 0.5) is 10.5 Å². The number of urea groups is 1. The Labute approximate surface area is 165 Å². The van der Waals surface area contributed by atoms with Crippen molar-refractivity contribution in [3.05, 3.63) is 66.0 Å². The van der Waals surface area contributed by atoms with Crippen LogP contribution < -0.4 is 5.32 Å². The molecule has 0 fully saturated rings. The van der Waals surface area contributed by atoms with Crippen LogP contribution in [0, 0.1) is 6.92 Å². The van der Waals surface area contributed by atoms with Gasteiger partial charge in [-0.3, -0.25) is 0 Å². The molecule has 0 saturated heterocycles. The van der Waals surface area contributed by atoms with Crippen molar-refractivity contribution in [2.24, 2.45) is 0 Å². The molecule has 1 aliphatic rings. The van der Waals surface area contributed by atoms with Crippen LogP contribution in [0.1, 0.15) is 37.4 Å². The third-order valence-electron chi connectivity index (χ3n) is 5.29. The van der Waals surface area contributed by atoms with Crippen LogP contribution in [0.5, 0.6) is 0 Å². The number of amides is 2. The summed E-state index contributed by atoms with van der Waals surface area (Å²) in [6, 6.07) is 12.3. The summed E-state index contributed by atoms with van der Waals surface area (Å²) in [5, 5.41) is 4.17. The molecule has 0 spiro atoms. The van der Waals surface area contributed by atoms with E-state index in [1.807, 2.05) is 48.4 Å². The van der Waals surface area contributed by atoms with E-state index in [-0.39, 0.29) is 6.03 Å². The number of fused-ring (bicyclic) bond motifs is 1. The van der Waals surface area contributed by atoms with Gasteiger partial charge in [0.25, 0.3) is 0 Å². The fourth-order valence-corrected chi connectivity index (χ4v) is 3.67. The lowest BCUT2D eigenvalue weighted by molar-refractivity contribution is 0.217. The van der Waals surface area contributed by atoms with E-state index in [1.54, 1.807) is 0 Å². The topological polar surface area (TPSA) is 50.2 Å².